The van der Waals surface area contributed by atoms with Crippen LogP contribution >= 0.6 is 0 Å². The topological polar surface area (TPSA) is 167 Å². The van der Waals surface area contributed by atoms with E-state index in [0.29, 0.717) is 30.6 Å². The number of hydrogen-bond acceptors (Lipinski definition) is 6. The van der Waals surface area contributed by atoms with Crippen molar-refractivity contribution in [3.8, 4) is 0 Å². The van der Waals surface area contributed by atoms with Crippen LogP contribution in [-0.2, 0) is 45.7 Å². The zero-order valence-corrected chi connectivity index (χ0v) is 31.9. The Kier molecular flexibility index (Phi) is 13.4. The maximum atomic E-state index is 13.3. The number of nitrogens with one attached hydrogen (secondary N) is 2. The largest absolute Gasteiger partial charge is 0.478 e. The molecule has 6 aromatic carbocycles. The van der Waals surface area contributed by atoms with Crippen LogP contribution in [0.15, 0.2) is 155 Å². The summed E-state index contributed by atoms with van der Waals surface area (Å²) >= 11 is 0. The van der Waals surface area contributed by atoms with Crippen molar-refractivity contribution in [1.29, 1.82) is 0 Å². The number of halogens is 1. The zero-order chi connectivity index (χ0) is 40.3. The van der Waals surface area contributed by atoms with Crippen LogP contribution in [0.1, 0.15) is 48.5 Å². The summed E-state index contributed by atoms with van der Waals surface area (Å²) in [4.78, 5) is 21.9. The van der Waals surface area contributed by atoms with Gasteiger partial charge in [-0.3, -0.25) is 9.44 Å². The molecule has 0 aliphatic heterocycles. The molecule has 10 nitrogen and oxygen atoms in total. The lowest BCUT2D eigenvalue weighted by atomic mass is 10.0. The molecule has 0 atom stereocenters. The summed E-state index contributed by atoms with van der Waals surface area (Å²) in [6.07, 6.45) is 2.78. The SMILES string of the molecule is Cc1cccc(S(=O)(=O)Nc2cccc(CCc3ccc(C(=O)O)cc3)c2)c1.O=C(O)c1ccc(CCc2cccc(NS(=O)(=O)c3cccc(F)c3)c2)cc1. The van der Waals surface area contributed by atoms with E-state index in [1.165, 1.54) is 18.2 Å². The molecule has 0 radical (unpaired) electrons. The molecule has 4 N–H and O–H groups in total. The van der Waals surface area contributed by atoms with Crippen molar-refractivity contribution >= 4 is 43.4 Å². The Morgan fingerprint density at radius 3 is 1.30 bits per heavy atom. The van der Waals surface area contributed by atoms with Crippen LogP contribution in [0.25, 0.3) is 0 Å². The molecule has 0 aliphatic carbocycles. The van der Waals surface area contributed by atoms with Gasteiger partial charge in [0.1, 0.15) is 5.82 Å². The van der Waals surface area contributed by atoms with E-state index in [4.69, 9.17) is 10.2 Å². The van der Waals surface area contributed by atoms with Gasteiger partial charge in [-0.25, -0.2) is 30.8 Å². The lowest BCUT2D eigenvalue weighted by Crippen LogP contribution is -2.13. The first kappa shape index (κ1) is 40.9. The van der Waals surface area contributed by atoms with Crippen molar-refractivity contribution in [3.05, 3.63) is 190 Å². The molecule has 0 saturated heterocycles. The summed E-state index contributed by atoms with van der Waals surface area (Å²) < 4.78 is 68.4. The highest BCUT2D eigenvalue weighted by Crippen LogP contribution is 2.21. The molecule has 0 amide bonds. The molecule has 0 saturated carbocycles. The summed E-state index contributed by atoms with van der Waals surface area (Å²) in [5.41, 5.74) is 6.20. The van der Waals surface area contributed by atoms with E-state index in [9.17, 15) is 30.8 Å². The Balaban J connectivity index is 0.000000214. The van der Waals surface area contributed by atoms with Crippen molar-refractivity contribution in [2.45, 2.75) is 42.4 Å². The van der Waals surface area contributed by atoms with Crippen molar-refractivity contribution in [1.82, 2.24) is 0 Å². The third-order valence-corrected chi connectivity index (χ3v) is 11.3. The fourth-order valence-corrected chi connectivity index (χ4v) is 7.87. The van der Waals surface area contributed by atoms with Gasteiger partial charge in [0.2, 0.25) is 0 Å². The second kappa shape index (κ2) is 18.3. The van der Waals surface area contributed by atoms with E-state index in [1.807, 2.05) is 37.3 Å². The lowest BCUT2D eigenvalue weighted by Gasteiger charge is -2.10. The van der Waals surface area contributed by atoms with E-state index in [2.05, 4.69) is 9.44 Å². The molecule has 0 spiro atoms. The number of rotatable bonds is 14. The summed E-state index contributed by atoms with van der Waals surface area (Å²) in [6.45, 7) is 1.85. The molecule has 6 rings (SSSR count). The molecule has 0 fully saturated rings. The van der Waals surface area contributed by atoms with Crippen LogP contribution in [0.4, 0.5) is 15.8 Å². The van der Waals surface area contributed by atoms with Gasteiger partial charge in [0.05, 0.1) is 20.9 Å². The number of hydrogen-bond donors (Lipinski definition) is 4. The molecular weight excluding hydrogens is 756 g/mol. The van der Waals surface area contributed by atoms with Gasteiger partial charge in [0, 0.05) is 11.4 Å². The molecule has 0 bridgehead atoms. The monoisotopic (exact) mass is 794 g/mol. The Hall–Kier alpha value is -6.31. The van der Waals surface area contributed by atoms with Crippen LogP contribution in [0, 0.1) is 12.7 Å². The maximum Gasteiger partial charge on any atom is 0.335 e. The number of aryl methyl sites for hydroxylation is 5. The van der Waals surface area contributed by atoms with Crippen molar-refractivity contribution in [3.63, 3.8) is 0 Å². The first-order valence-corrected chi connectivity index (χ1v) is 20.3. The predicted molar refractivity (Wildman–Crippen MR) is 214 cm³/mol. The first-order chi connectivity index (χ1) is 26.7. The number of carboxylic acids is 2. The third-order valence-electron chi connectivity index (χ3n) is 8.57. The third kappa shape index (κ3) is 11.8. The Morgan fingerprint density at radius 2 is 0.893 bits per heavy atom. The first-order valence-electron chi connectivity index (χ1n) is 17.4. The normalized spacial score (nSPS) is 11.2. The van der Waals surface area contributed by atoms with Gasteiger partial charge in [-0.2, -0.15) is 0 Å². The quantitative estimate of drug-likeness (QED) is 0.0853. The number of aromatic carboxylic acids is 2. The fraction of sp³-hybridized carbons (Fsp3) is 0.116. The molecule has 56 heavy (non-hydrogen) atoms. The van der Waals surface area contributed by atoms with Gasteiger partial charge >= 0.3 is 11.9 Å². The average Bonchev–Trinajstić information content (AvgIpc) is 3.17. The molecule has 0 aromatic heterocycles. The van der Waals surface area contributed by atoms with Crippen molar-refractivity contribution in [2.24, 2.45) is 0 Å². The summed E-state index contributed by atoms with van der Waals surface area (Å²) in [5.74, 6) is -2.53. The number of benzene rings is 6. The molecule has 288 valence electrons. The number of carbonyl (C=O) groups is 2. The molecule has 0 unspecified atom stereocenters. The minimum absolute atomic E-state index is 0.142. The average molecular weight is 795 g/mol. The fourth-order valence-electron chi connectivity index (χ4n) is 5.63. The summed E-state index contributed by atoms with van der Waals surface area (Å²) in [7, 11) is -7.52. The minimum atomic E-state index is -3.88. The minimum Gasteiger partial charge on any atom is -0.478 e. The number of anilines is 2. The second-order valence-corrected chi connectivity index (χ2v) is 16.3. The Bertz CT molecular complexity index is 2360. The highest BCUT2D eigenvalue weighted by atomic mass is 32.2. The smallest absolute Gasteiger partial charge is 0.335 e. The van der Waals surface area contributed by atoms with Crippen LogP contribution < -0.4 is 9.44 Å². The van der Waals surface area contributed by atoms with Crippen molar-refractivity contribution in [2.75, 3.05) is 9.44 Å². The van der Waals surface area contributed by atoms with Gasteiger partial charge in [-0.1, -0.05) is 66.7 Å². The van der Waals surface area contributed by atoms with E-state index in [-0.39, 0.29) is 20.9 Å². The molecule has 0 heterocycles. The maximum absolute atomic E-state index is 13.3. The molecule has 13 heteroatoms. The van der Waals surface area contributed by atoms with E-state index in [0.717, 1.165) is 40.3 Å². The summed E-state index contributed by atoms with van der Waals surface area (Å²) in [6, 6.07) is 39.3. The Labute approximate surface area is 325 Å². The highest BCUT2D eigenvalue weighted by molar-refractivity contribution is 7.93. The second-order valence-electron chi connectivity index (χ2n) is 12.9. The number of carboxylic acid groups (broad SMARTS) is 2. The van der Waals surface area contributed by atoms with E-state index < -0.39 is 37.8 Å². The van der Waals surface area contributed by atoms with Crippen LogP contribution in [0.5, 0.6) is 0 Å². The van der Waals surface area contributed by atoms with E-state index in [1.54, 1.807) is 91.0 Å². The standard InChI is InChI=1S/C22H21NO4S.C21H18FNO4S/c1-16-4-2-7-21(14-16)28(26,27)23-20-6-3-5-18(15-20)9-8-17-10-12-19(13-11-17)22(24)25;22-18-4-2-6-20(14-18)28(26,27)23-19-5-1-3-16(13-19)8-7-15-9-11-17(12-10-15)21(24)25/h2-7,10-15,23H,8-9H2,1H3,(H,24,25);1-6,9-14,23H,7-8H2,(H,24,25). The molecular formula is C43H39FN2O8S2. The molecule has 0 aliphatic rings. The van der Waals surface area contributed by atoms with Gasteiger partial charge in [0.25, 0.3) is 20.0 Å². The summed E-state index contributed by atoms with van der Waals surface area (Å²) in [5, 5.41) is 17.9. The van der Waals surface area contributed by atoms with Gasteiger partial charge in [0.15, 0.2) is 0 Å². The number of sulfonamides is 2. The lowest BCUT2D eigenvalue weighted by molar-refractivity contribution is 0.0686. The van der Waals surface area contributed by atoms with Gasteiger partial charge < -0.3 is 10.2 Å². The highest BCUT2D eigenvalue weighted by Gasteiger charge is 2.16. The van der Waals surface area contributed by atoms with Crippen molar-refractivity contribution < 1.29 is 41.0 Å². The van der Waals surface area contributed by atoms with E-state index >= 15 is 0 Å². The Morgan fingerprint density at radius 1 is 0.500 bits per heavy atom. The van der Waals surface area contributed by atoms with Gasteiger partial charge in [-0.05, 0) is 139 Å². The molecule has 6 aromatic rings. The predicted octanol–water partition coefficient (Wildman–Crippen LogP) is 8.39. The van der Waals surface area contributed by atoms with Gasteiger partial charge in [-0.15, -0.1) is 0 Å². The zero-order valence-electron chi connectivity index (χ0n) is 30.2. The van der Waals surface area contributed by atoms with Crippen LogP contribution in [-0.4, -0.2) is 39.0 Å². The van der Waals surface area contributed by atoms with Crippen LogP contribution in [0.3, 0.4) is 0 Å². The van der Waals surface area contributed by atoms with Crippen LogP contribution in [0.2, 0.25) is 0 Å².